The summed E-state index contributed by atoms with van der Waals surface area (Å²) in [5, 5.41) is 18.7. The van der Waals surface area contributed by atoms with E-state index in [2.05, 4.69) is 18.8 Å². The Morgan fingerprint density at radius 2 is 1.78 bits per heavy atom. The van der Waals surface area contributed by atoms with Crippen LogP contribution in [0.4, 0.5) is 10.1 Å². The molecule has 1 unspecified atom stereocenters. The summed E-state index contributed by atoms with van der Waals surface area (Å²) in [6, 6.07) is 16.2. The molecule has 0 saturated heterocycles. The predicted molar refractivity (Wildman–Crippen MR) is 201 cm³/mol. The molecule has 8 heteroatoms. The summed E-state index contributed by atoms with van der Waals surface area (Å²) in [6.07, 6.45) is 13.4. The molecule has 3 N–H and O–H groups in total. The van der Waals surface area contributed by atoms with Gasteiger partial charge in [-0.2, -0.15) is 5.26 Å². The van der Waals surface area contributed by atoms with Crippen molar-refractivity contribution in [3.8, 4) is 28.8 Å². The summed E-state index contributed by atoms with van der Waals surface area (Å²) in [5.41, 5.74) is 12.1. The number of rotatable bonds is 11. The second-order valence-corrected chi connectivity index (χ2v) is 11.5. The number of hydrogen-bond acceptors (Lipinski definition) is 7. The molecule has 262 valence electrons. The number of aliphatic hydroxyl groups excluding tert-OH is 1. The maximum absolute atomic E-state index is 14.5. The molecule has 0 radical (unpaired) electrons. The number of aliphatic hydroxyl groups is 1. The van der Waals surface area contributed by atoms with Gasteiger partial charge in [0.2, 0.25) is 0 Å². The van der Waals surface area contributed by atoms with E-state index < -0.39 is 5.82 Å². The molecular weight excluding hydrogens is 615 g/mol. The van der Waals surface area contributed by atoms with E-state index in [4.69, 9.17) is 20.5 Å². The number of ether oxygens (including phenoxy) is 2. The summed E-state index contributed by atoms with van der Waals surface area (Å²) in [7, 11) is 1.88. The maximum Gasteiger partial charge on any atom is 0.257 e. The van der Waals surface area contributed by atoms with E-state index in [9.17, 15) is 9.50 Å². The van der Waals surface area contributed by atoms with Crippen molar-refractivity contribution in [2.45, 2.75) is 74.1 Å². The van der Waals surface area contributed by atoms with Crippen LogP contribution in [0.5, 0.6) is 11.6 Å². The van der Waals surface area contributed by atoms with E-state index in [0.29, 0.717) is 41.7 Å². The van der Waals surface area contributed by atoms with Crippen LogP contribution in [0.3, 0.4) is 0 Å². The minimum absolute atomic E-state index is 0.0177. The molecule has 0 aliphatic carbocycles. The lowest BCUT2D eigenvalue weighted by molar-refractivity contribution is 0.164. The summed E-state index contributed by atoms with van der Waals surface area (Å²) >= 11 is 0. The predicted octanol–water partition coefficient (Wildman–Crippen LogP) is 10.5. The summed E-state index contributed by atoms with van der Waals surface area (Å²) in [5.74, 6) is 1.39. The van der Waals surface area contributed by atoms with Gasteiger partial charge in [0.1, 0.15) is 25.1 Å². The van der Waals surface area contributed by atoms with E-state index in [1.54, 1.807) is 19.2 Å². The molecule has 1 aliphatic rings. The van der Waals surface area contributed by atoms with Crippen LogP contribution in [0.25, 0.3) is 16.8 Å². The first-order valence-corrected chi connectivity index (χ1v) is 17.0. The van der Waals surface area contributed by atoms with Gasteiger partial charge in [-0.1, -0.05) is 70.9 Å². The topological polar surface area (TPSA) is 105 Å². The van der Waals surface area contributed by atoms with Gasteiger partial charge < -0.3 is 25.2 Å². The molecule has 3 aromatic rings. The third kappa shape index (κ3) is 11.9. The van der Waals surface area contributed by atoms with Crippen LogP contribution in [0.15, 0.2) is 96.1 Å². The normalized spacial score (nSPS) is 13.6. The third-order valence-electron chi connectivity index (χ3n) is 8.21. The van der Waals surface area contributed by atoms with Gasteiger partial charge in [0, 0.05) is 41.5 Å². The number of hydrogen-bond donors (Lipinski definition) is 2. The van der Waals surface area contributed by atoms with E-state index in [1.165, 1.54) is 31.4 Å². The Morgan fingerprint density at radius 1 is 1.08 bits per heavy atom. The number of nitrogens with zero attached hydrogens (tertiary/aromatic N) is 3. The highest BCUT2D eigenvalue weighted by molar-refractivity contribution is 5.82. The molecule has 0 fully saturated rings. The van der Waals surface area contributed by atoms with Crippen molar-refractivity contribution in [2.75, 3.05) is 25.2 Å². The number of allylic oxidation sites excluding steroid dienone is 6. The van der Waals surface area contributed by atoms with E-state index >= 15 is 0 Å². The monoisotopic (exact) mass is 668 g/mol. The van der Waals surface area contributed by atoms with Crippen LogP contribution in [0.2, 0.25) is 0 Å². The third-order valence-corrected chi connectivity index (χ3v) is 8.21. The lowest BCUT2D eigenvalue weighted by atomic mass is 10.0. The van der Waals surface area contributed by atoms with Crippen LogP contribution in [0.1, 0.15) is 85.3 Å². The largest absolute Gasteiger partial charge is 0.515 e. The first-order chi connectivity index (χ1) is 23.6. The number of nitriles is 1. The van der Waals surface area contributed by atoms with Gasteiger partial charge in [-0.25, -0.2) is 9.37 Å². The molecule has 2 aromatic carbocycles. The minimum atomic E-state index is -0.591. The summed E-state index contributed by atoms with van der Waals surface area (Å²) in [6.45, 7) is 15.2. The highest BCUT2D eigenvalue weighted by Crippen LogP contribution is 2.34. The Bertz CT molecular complexity index is 1650. The van der Waals surface area contributed by atoms with Gasteiger partial charge in [0.15, 0.2) is 5.75 Å². The average molecular weight is 669 g/mol. The van der Waals surface area contributed by atoms with Gasteiger partial charge in [0.25, 0.3) is 5.88 Å². The number of pyridine rings is 1. The minimum Gasteiger partial charge on any atom is -0.515 e. The first kappa shape index (κ1) is 40.1. The maximum atomic E-state index is 14.5. The number of halogens is 1. The number of anilines is 1. The molecule has 0 amide bonds. The molecule has 1 aliphatic heterocycles. The smallest absolute Gasteiger partial charge is 0.257 e. The molecule has 0 spiro atoms. The van der Waals surface area contributed by atoms with E-state index in [1.807, 2.05) is 94.3 Å². The first-order valence-electron chi connectivity index (χ1n) is 17.0. The van der Waals surface area contributed by atoms with Crippen molar-refractivity contribution >= 4 is 11.4 Å². The van der Waals surface area contributed by atoms with Crippen molar-refractivity contribution in [1.82, 2.24) is 4.98 Å². The lowest BCUT2D eigenvalue weighted by Crippen LogP contribution is -2.16. The Balaban J connectivity index is 0.000000547. The van der Waals surface area contributed by atoms with Gasteiger partial charge in [-0.3, -0.25) is 0 Å². The lowest BCUT2D eigenvalue weighted by Gasteiger charge is -2.24. The highest BCUT2D eigenvalue weighted by atomic mass is 19.1. The fraction of sp³-hybridized carbons (Fsp3) is 0.366. The Morgan fingerprint density at radius 3 is 2.37 bits per heavy atom. The van der Waals surface area contributed by atoms with Crippen molar-refractivity contribution in [3.05, 3.63) is 113 Å². The number of fused-ring (bicyclic) bond motifs is 1. The molecule has 4 rings (SSSR count). The van der Waals surface area contributed by atoms with Gasteiger partial charge in [0.05, 0.1) is 11.8 Å². The zero-order chi connectivity index (χ0) is 36.3. The number of nitrogens with two attached hydrogens (primary N) is 1. The molecule has 0 bridgehead atoms. The quantitative estimate of drug-likeness (QED) is 0.155. The van der Waals surface area contributed by atoms with Gasteiger partial charge in [-0.05, 0) is 92.6 Å². The molecular formula is C41H53FN4O3. The zero-order valence-corrected chi connectivity index (χ0v) is 30.4. The Kier molecular flexibility index (Phi) is 17.2. The van der Waals surface area contributed by atoms with E-state index in [0.717, 1.165) is 46.7 Å². The summed E-state index contributed by atoms with van der Waals surface area (Å²) < 4.78 is 25.7. The standard InChI is InChI=1S/C29H26FN3O3.C10H21N.C2H6/c1-4-20(19(2)18-34)14-27(22-5-6-23(16-31)26(30)13-22)33(3)25-9-7-21(8-10-25)24-15-28-29(32-17-24)36-12-11-35-28;1-4-9(3)7-6-8-10(11)5-2;1-2/h4-10,13-15,17-18,34H,11-12H2,1-3H3;5,9H,4,6-8,11H2,1-3H3;1-2H3/b19-18?,20-4+,27-14-;10-5+;. The molecule has 0 saturated carbocycles. The van der Waals surface area contributed by atoms with Crippen molar-refractivity contribution in [2.24, 2.45) is 11.7 Å². The molecule has 49 heavy (non-hydrogen) atoms. The van der Waals surface area contributed by atoms with Crippen molar-refractivity contribution in [1.29, 1.82) is 5.26 Å². The van der Waals surface area contributed by atoms with Crippen LogP contribution < -0.4 is 20.1 Å². The second-order valence-electron chi connectivity index (χ2n) is 11.5. The van der Waals surface area contributed by atoms with Crippen LogP contribution in [-0.4, -0.2) is 30.4 Å². The average Bonchev–Trinajstić information content (AvgIpc) is 3.15. The van der Waals surface area contributed by atoms with Crippen LogP contribution in [0, 0.1) is 23.1 Å². The number of benzene rings is 2. The number of aromatic nitrogens is 1. The molecule has 7 nitrogen and oxygen atoms in total. The second kappa shape index (κ2) is 21.0. The van der Waals surface area contributed by atoms with E-state index in [-0.39, 0.29) is 5.56 Å². The Hall–Kier alpha value is -5.03. The fourth-order valence-electron chi connectivity index (χ4n) is 4.90. The fourth-order valence-corrected chi connectivity index (χ4v) is 4.90. The van der Waals surface area contributed by atoms with Crippen LogP contribution >= 0.6 is 0 Å². The SMILES string of the molecule is C/C=C(/N)CCCC(C)CC.C/C=C(\C=C(\c1ccc(C#N)c(F)c1)N(C)c1ccc(-c2cnc3c(c2)OCCO3)cc1)C(C)=CO.CC. The Labute approximate surface area is 292 Å². The molecule has 2 heterocycles. The highest BCUT2D eigenvalue weighted by Gasteiger charge is 2.16. The van der Waals surface area contributed by atoms with Crippen molar-refractivity contribution in [3.63, 3.8) is 0 Å². The molecule has 1 aromatic heterocycles. The van der Waals surface area contributed by atoms with Crippen LogP contribution in [-0.2, 0) is 0 Å². The summed E-state index contributed by atoms with van der Waals surface area (Å²) in [4.78, 5) is 6.28. The van der Waals surface area contributed by atoms with Crippen molar-refractivity contribution < 1.29 is 19.0 Å². The zero-order valence-electron chi connectivity index (χ0n) is 30.4. The molecule has 1 atom stereocenters. The van der Waals surface area contributed by atoms with Gasteiger partial charge in [-0.15, -0.1) is 0 Å². The van der Waals surface area contributed by atoms with Gasteiger partial charge >= 0.3 is 0 Å².